The molecule has 0 saturated heterocycles. The highest BCUT2D eigenvalue weighted by atomic mass is 32.1. The zero-order valence-electron chi connectivity index (χ0n) is 14.6. The lowest BCUT2D eigenvalue weighted by Crippen LogP contribution is -2.27. The maximum absolute atomic E-state index is 5.70. The van der Waals surface area contributed by atoms with Gasteiger partial charge in [0.05, 0.1) is 0 Å². The summed E-state index contributed by atoms with van der Waals surface area (Å²) in [5, 5.41) is 0. The normalized spacial score (nSPS) is 9.92. The van der Waals surface area contributed by atoms with Crippen LogP contribution in [0, 0.1) is 11.8 Å². The Labute approximate surface area is 151 Å². The van der Waals surface area contributed by atoms with Crippen LogP contribution in [0.25, 0.3) is 0 Å². The van der Waals surface area contributed by atoms with Gasteiger partial charge in [0.25, 0.3) is 0 Å². The zero-order chi connectivity index (χ0) is 17.2. The molecule has 0 aliphatic carbocycles. The van der Waals surface area contributed by atoms with Crippen LogP contribution in [0.2, 0.25) is 0 Å². The smallest absolute Gasteiger partial charge is 0.110 e. The molecule has 1 nitrogen and oxygen atoms in total. The molecule has 2 heteroatoms. The molecule has 124 valence electrons. The summed E-state index contributed by atoms with van der Waals surface area (Å²) < 4.78 is 0. The molecule has 0 saturated carbocycles. The van der Waals surface area contributed by atoms with E-state index in [4.69, 9.17) is 12.2 Å². The van der Waals surface area contributed by atoms with Crippen molar-refractivity contribution in [2.45, 2.75) is 32.6 Å². The predicted molar refractivity (Wildman–Crippen MR) is 107 cm³/mol. The zero-order valence-corrected chi connectivity index (χ0v) is 15.4. The molecule has 0 N–H and O–H groups in total. The van der Waals surface area contributed by atoms with Crippen molar-refractivity contribution >= 4 is 17.2 Å². The average Bonchev–Trinajstić information content (AvgIpc) is 2.64. The third-order valence-corrected chi connectivity index (χ3v) is 4.50. The van der Waals surface area contributed by atoms with Crippen LogP contribution >= 0.6 is 12.2 Å². The van der Waals surface area contributed by atoms with E-state index in [0.717, 1.165) is 28.2 Å². The summed E-state index contributed by atoms with van der Waals surface area (Å²) in [5.41, 5.74) is 3.06. The largest absolute Gasteiger partial charge is 0.365 e. The van der Waals surface area contributed by atoms with Crippen LogP contribution in [0.1, 0.15) is 49.3 Å². The van der Waals surface area contributed by atoms with Gasteiger partial charge in [-0.05, 0) is 24.6 Å². The summed E-state index contributed by atoms with van der Waals surface area (Å²) in [4.78, 5) is 3.05. The maximum atomic E-state index is 5.70. The summed E-state index contributed by atoms with van der Waals surface area (Å²) in [5.74, 6) is 6.50. The summed E-state index contributed by atoms with van der Waals surface area (Å²) in [7, 11) is 2.08. The highest BCUT2D eigenvalue weighted by Crippen LogP contribution is 2.13. The Balaban J connectivity index is 2.10. The molecule has 2 aromatic carbocycles. The average molecular weight is 336 g/mol. The Morgan fingerprint density at radius 3 is 2.38 bits per heavy atom. The number of unbranched alkanes of at least 4 members (excludes halogenated alkanes) is 3. The van der Waals surface area contributed by atoms with Crippen molar-refractivity contribution in [3.8, 4) is 11.8 Å². The summed E-state index contributed by atoms with van der Waals surface area (Å²) >= 11 is 5.70. The minimum atomic E-state index is 0.879. The fraction of sp³-hybridized carbons (Fsp3) is 0.318. The van der Waals surface area contributed by atoms with Gasteiger partial charge >= 0.3 is 0 Å². The summed E-state index contributed by atoms with van der Waals surface area (Å²) in [6, 6.07) is 18.2. The van der Waals surface area contributed by atoms with E-state index in [1.807, 2.05) is 48.5 Å². The van der Waals surface area contributed by atoms with Crippen LogP contribution in [0.5, 0.6) is 0 Å². The van der Waals surface area contributed by atoms with E-state index < -0.39 is 0 Å². The van der Waals surface area contributed by atoms with E-state index in [-0.39, 0.29) is 0 Å². The lowest BCUT2D eigenvalue weighted by Gasteiger charge is -2.21. The molecule has 0 amide bonds. The maximum Gasteiger partial charge on any atom is 0.110 e. The van der Waals surface area contributed by atoms with E-state index in [2.05, 4.69) is 36.8 Å². The van der Waals surface area contributed by atoms with E-state index in [1.165, 1.54) is 25.7 Å². The van der Waals surface area contributed by atoms with Crippen LogP contribution in [0.3, 0.4) is 0 Å². The van der Waals surface area contributed by atoms with E-state index >= 15 is 0 Å². The van der Waals surface area contributed by atoms with Gasteiger partial charge in [0, 0.05) is 30.3 Å². The lowest BCUT2D eigenvalue weighted by molar-refractivity contribution is 0.478. The van der Waals surface area contributed by atoms with Crippen molar-refractivity contribution in [2.75, 3.05) is 13.6 Å². The summed E-state index contributed by atoms with van der Waals surface area (Å²) in [6.07, 6.45) is 4.99. The molecular formula is C22H25NS. The first-order valence-electron chi connectivity index (χ1n) is 8.64. The highest BCUT2D eigenvalue weighted by Gasteiger charge is 2.10. The van der Waals surface area contributed by atoms with Gasteiger partial charge in [0.15, 0.2) is 0 Å². The summed E-state index contributed by atoms with van der Waals surface area (Å²) in [6.45, 7) is 3.23. The first-order valence-corrected chi connectivity index (χ1v) is 9.04. The third-order valence-electron chi connectivity index (χ3n) is 3.97. The Kier molecular flexibility index (Phi) is 7.52. The van der Waals surface area contributed by atoms with Gasteiger partial charge in [-0.1, -0.05) is 86.6 Å². The number of thiocarbonyl (C=S) groups is 1. The van der Waals surface area contributed by atoms with Crippen molar-refractivity contribution in [3.05, 3.63) is 71.3 Å². The van der Waals surface area contributed by atoms with Gasteiger partial charge in [0.1, 0.15) is 4.99 Å². The predicted octanol–water partition coefficient (Wildman–Crippen LogP) is 5.27. The van der Waals surface area contributed by atoms with Gasteiger partial charge in [0.2, 0.25) is 0 Å². The second kappa shape index (κ2) is 9.90. The quantitative estimate of drug-likeness (QED) is 0.402. The molecule has 2 rings (SSSR count). The van der Waals surface area contributed by atoms with Crippen LogP contribution in [0.15, 0.2) is 54.6 Å². The molecule has 0 radical (unpaired) electrons. The van der Waals surface area contributed by atoms with Gasteiger partial charge in [-0.2, -0.15) is 0 Å². The van der Waals surface area contributed by atoms with Crippen molar-refractivity contribution in [1.29, 1.82) is 0 Å². The van der Waals surface area contributed by atoms with Crippen molar-refractivity contribution in [3.63, 3.8) is 0 Å². The van der Waals surface area contributed by atoms with E-state index in [9.17, 15) is 0 Å². The SMILES string of the molecule is CCCCCCN(C)C(=S)c1ccccc1C#Cc1ccccc1. The number of hydrogen-bond acceptors (Lipinski definition) is 1. The Bertz CT molecular complexity index is 709. The molecule has 2 aromatic rings. The molecule has 0 bridgehead atoms. The topological polar surface area (TPSA) is 3.24 Å². The van der Waals surface area contributed by atoms with Gasteiger partial charge in [-0.3, -0.25) is 0 Å². The van der Waals surface area contributed by atoms with Gasteiger partial charge in [-0.25, -0.2) is 0 Å². The molecule has 0 aliphatic heterocycles. The molecule has 0 spiro atoms. The van der Waals surface area contributed by atoms with E-state index in [0.29, 0.717) is 0 Å². The molecule has 0 aliphatic rings. The minimum absolute atomic E-state index is 0.879. The van der Waals surface area contributed by atoms with Crippen LogP contribution < -0.4 is 0 Å². The lowest BCUT2D eigenvalue weighted by atomic mass is 10.1. The van der Waals surface area contributed by atoms with Crippen molar-refractivity contribution in [1.82, 2.24) is 4.90 Å². The minimum Gasteiger partial charge on any atom is -0.365 e. The fourth-order valence-corrected chi connectivity index (χ4v) is 2.79. The number of benzene rings is 2. The standard InChI is InChI=1S/C22H25NS/c1-3-4-5-11-18-23(2)22(24)21-15-10-9-14-20(21)17-16-19-12-7-6-8-13-19/h6-10,12-15H,3-5,11,18H2,1-2H3. The highest BCUT2D eigenvalue weighted by molar-refractivity contribution is 7.80. The van der Waals surface area contributed by atoms with E-state index in [1.54, 1.807) is 0 Å². The second-order valence-corrected chi connectivity index (χ2v) is 6.34. The molecule has 0 atom stereocenters. The first kappa shape index (κ1) is 18.2. The van der Waals surface area contributed by atoms with Crippen LogP contribution in [-0.4, -0.2) is 23.5 Å². The monoisotopic (exact) mass is 335 g/mol. The molecule has 24 heavy (non-hydrogen) atoms. The number of hydrogen-bond donors (Lipinski definition) is 0. The Morgan fingerprint density at radius 1 is 0.917 bits per heavy atom. The molecule has 0 heterocycles. The number of nitrogens with zero attached hydrogens (tertiary/aromatic N) is 1. The van der Waals surface area contributed by atoms with Crippen LogP contribution in [-0.2, 0) is 0 Å². The third kappa shape index (κ3) is 5.51. The molecular weight excluding hydrogens is 310 g/mol. The first-order chi connectivity index (χ1) is 11.7. The fourth-order valence-electron chi connectivity index (χ4n) is 2.52. The van der Waals surface area contributed by atoms with Gasteiger partial charge < -0.3 is 4.90 Å². The Morgan fingerprint density at radius 2 is 1.62 bits per heavy atom. The molecule has 0 fully saturated rings. The molecule has 0 unspecified atom stereocenters. The second-order valence-electron chi connectivity index (χ2n) is 5.95. The Hall–Kier alpha value is -2.11. The van der Waals surface area contributed by atoms with Crippen molar-refractivity contribution < 1.29 is 0 Å². The van der Waals surface area contributed by atoms with Crippen molar-refractivity contribution in [2.24, 2.45) is 0 Å². The number of rotatable bonds is 6. The van der Waals surface area contributed by atoms with Gasteiger partial charge in [-0.15, -0.1) is 0 Å². The van der Waals surface area contributed by atoms with Crippen LogP contribution in [0.4, 0.5) is 0 Å². The molecule has 0 aromatic heterocycles.